The van der Waals surface area contributed by atoms with Gasteiger partial charge in [0, 0.05) is 11.3 Å². The Morgan fingerprint density at radius 1 is 1.24 bits per heavy atom. The lowest BCUT2D eigenvalue weighted by atomic mass is 9.84. The molecule has 1 N–H and O–H groups in total. The lowest BCUT2D eigenvalue weighted by Crippen LogP contribution is -2.72. The summed E-state index contributed by atoms with van der Waals surface area (Å²) in [6.45, 7) is 5.85. The number of amides is 2. The van der Waals surface area contributed by atoms with Crippen LogP contribution < -0.4 is 5.32 Å². The molecule has 1 saturated carbocycles. The molecule has 3 atom stereocenters. The van der Waals surface area contributed by atoms with Gasteiger partial charge >= 0.3 is 0 Å². The predicted molar refractivity (Wildman–Crippen MR) is 87.3 cm³/mol. The Hall–Kier alpha value is -0.710. The van der Waals surface area contributed by atoms with Crippen molar-refractivity contribution in [2.75, 3.05) is 6.26 Å². The average Bonchev–Trinajstić information content (AvgIpc) is 2.52. The van der Waals surface area contributed by atoms with E-state index < -0.39 is 5.54 Å². The fraction of sp³-hybridized carbons (Fsp3) is 0.875. The van der Waals surface area contributed by atoms with Gasteiger partial charge in [0.15, 0.2) is 0 Å². The molecule has 0 radical (unpaired) electrons. The minimum atomic E-state index is -0.690. The molecule has 0 aromatic heterocycles. The van der Waals surface area contributed by atoms with Gasteiger partial charge in [-0.25, -0.2) is 0 Å². The van der Waals surface area contributed by atoms with Crippen molar-refractivity contribution in [1.82, 2.24) is 10.2 Å². The molecule has 1 aliphatic carbocycles. The van der Waals surface area contributed by atoms with Crippen LogP contribution in [0.3, 0.4) is 0 Å². The minimum absolute atomic E-state index is 0.00345. The van der Waals surface area contributed by atoms with Gasteiger partial charge in [0.25, 0.3) is 0 Å². The molecular weight excluding hydrogens is 284 g/mol. The molecule has 2 fully saturated rings. The number of piperazine rings is 1. The molecule has 21 heavy (non-hydrogen) atoms. The quantitative estimate of drug-likeness (QED) is 0.868. The summed E-state index contributed by atoms with van der Waals surface area (Å²) in [6, 6.07) is -0.138. The minimum Gasteiger partial charge on any atom is -0.340 e. The van der Waals surface area contributed by atoms with Crippen molar-refractivity contribution in [3.8, 4) is 0 Å². The summed E-state index contributed by atoms with van der Waals surface area (Å²) in [7, 11) is 0. The number of nitrogens with one attached hydrogen (secondary N) is 1. The Kier molecular flexibility index (Phi) is 5.23. The van der Waals surface area contributed by atoms with Gasteiger partial charge in [-0.1, -0.05) is 26.7 Å². The number of carbonyl (C=O) groups is 2. The largest absolute Gasteiger partial charge is 0.340 e. The summed E-state index contributed by atoms with van der Waals surface area (Å²) in [5, 5.41) is 3.45. The molecule has 4 nitrogen and oxygen atoms in total. The Bertz CT molecular complexity index is 409. The predicted octanol–water partition coefficient (Wildman–Crippen LogP) is 2.57. The highest BCUT2D eigenvalue weighted by molar-refractivity contribution is 7.99. The summed E-state index contributed by atoms with van der Waals surface area (Å²) in [4.78, 5) is 27.5. The number of hydrogen-bond acceptors (Lipinski definition) is 3. The number of nitrogens with zero attached hydrogens (tertiary/aromatic N) is 1. The summed E-state index contributed by atoms with van der Waals surface area (Å²) < 4.78 is 0. The van der Waals surface area contributed by atoms with E-state index in [4.69, 9.17) is 0 Å². The maximum absolute atomic E-state index is 13.1. The molecule has 2 amide bonds. The molecule has 0 aromatic carbocycles. The fourth-order valence-corrected chi connectivity index (χ4v) is 4.76. The highest BCUT2D eigenvalue weighted by Crippen LogP contribution is 2.35. The molecule has 3 unspecified atom stereocenters. The van der Waals surface area contributed by atoms with Crippen LogP contribution in [0.2, 0.25) is 0 Å². The van der Waals surface area contributed by atoms with Gasteiger partial charge in [0.1, 0.15) is 11.6 Å². The first-order chi connectivity index (χ1) is 10.0. The van der Waals surface area contributed by atoms with Crippen molar-refractivity contribution in [3.63, 3.8) is 0 Å². The number of rotatable bonds is 4. The first kappa shape index (κ1) is 16.7. The fourth-order valence-electron chi connectivity index (χ4n) is 3.78. The average molecular weight is 312 g/mol. The van der Waals surface area contributed by atoms with Crippen LogP contribution in [0, 0.1) is 0 Å². The van der Waals surface area contributed by atoms with Crippen molar-refractivity contribution in [2.24, 2.45) is 0 Å². The van der Waals surface area contributed by atoms with E-state index in [-0.39, 0.29) is 23.9 Å². The molecule has 1 aliphatic heterocycles. The molecule has 120 valence electrons. The topological polar surface area (TPSA) is 49.4 Å². The van der Waals surface area contributed by atoms with Crippen LogP contribution in [0.15, 0.2) is 0 Å². The van der Waals surface area contributed by atoms with Crippen LogP contribution in [0.1, 0.15) is 59.3 Å². The standard InChI is InChI=1S/C16H28N2O2S/c1-5-16(6-2)15(20)18(11(3)14(19)17-16)12-9-7-8-10-13(12)21-4/h11-13H,5-10H2,1-4H3,(H,17,19). The summed E-state index contributed by atoms with van der Waals surface area (Å²) >= 11 is 1.84. The monoisotopic (exact) mass is 312 g/mol. The van der Waals surface area contributed by atoms with Crippen molar-refractivity contribution < 1.29 is 9.59 Å². The van der Waals surface area contributed by atoms with E-state index in [0.717, 1.165) is 19.3 Å². The van der Waals surface area contributed by atoms with E-state index >= 15 is 0 Å². The van der Waals surface area contributed by atoms with E-state index in [1.54, 1.807) is 0 Å². The molecule has 1 heterocycles. The molecule has 2 aliphatic rings. The number of carbonyl (C=O) groups excluding carboxylic acids is 2. The number of thioether (sulfide) groups is 1. The normalized spacial score (nSPS) is 33.0. The Balaban J connectivity index is 2.34. The first-order valence-electron chi connectivity index (χ1n) is 8.18. The van der Waals surface area contributed by atoms with E-state index in [9.17, 15) is 9.59 Å². The smallest absolute Gasteiger partial charge is 0.249 e. The lowest BCUT2D eigenvalue weighted by Gasteiger charge is -2.50. The highest BCUT2D eigenvalue weighted by atomic mass is 32.2. The molecule has 5 heteroatoms. The maximum atomic E-state index is 13.1. The zero-order valence-electron chi connectivity index (χ0n) is 13.6. The molecule has 2 rings (SSSR count). The molecule has 1 saturated heterocycles. The molecular formula is C16H28N2O2S. The summed E-state index contributed by atoms with van der Waals surface area (Å²) in [5.41, 5.74) is -0.690. The summed E-state index contributed by atoms with van der Waals surface area (Å²) in [6.07, 6.45) is 8.01. The van der Waals surface area contributed by atoms with Crippen molar-refractivity contribution >= 4 is 23.6 Å². The van der Waals surface area contributed by atoms with E-state index in [1.165, 1.54) is 6.42 Å². The van der Waals surface area contributed by atoms with E-state index in [0.29, 0.717) is 18.1 Å². The van der Waals surface area contributed by atoms with E-state index in [2.05, 4.69) is 11.6 Å². The van der Waals surface area contributed by atoms with Gasteiger partial charge in [-0.2, -0.15) is 11.8 Å². The highest BCUT2D eigenvalue weighted by Gasteiger charge is 2.50. The van der Waals surface area contributed by atoms with E-state index in [1.807, 2.05) is 37.4 Å². The van der Waals surface area contributed by atoms with Crippen LogP contribution in [-0.4, -0.2) is 45.8 Å². The second kappa shape index (κ2) is 6.59. The van der Waals surface area contributed by atoms with Gasteiger partial charge in [-0.3, -0.25) is 9.59 Å². The van der Waals surface area contributed by atoms with Crippen LogP contribution in [0.5, 0.6) is 0 Å². The Morgan fingerprint density at radius 3 is 2.43 bits per heavy atom. The molecule has 0 bridgehead atoms. The van der Waals surface area contributed by atoms with Gasteiger partial charge in [0.2, 0.25) is 11.8 Å². The second-order valence-electron chi connectivity index (χ2n) is 6.29. The third-order valence-electron chi connectivity index (χ3n) is 5.34. The van der Waals surface area contributed by atoms with Crippen LogP contribution in [0.4, 0.5) is 0 Å². The lowest BCUT2D eigenvalue weighted by molar-refractivity contribution is -0.158. The van der Waals surface area contributed by atoms with Crippen molar-refractivity contribution in [3.05, 3.63) is 0 Å². The third-order valence-corrected chi connectivity index (χ3v) is 6.49. The maximum Gasteiger partial charge on any atom is 0.249 e. The second-order valence-corrected chi connectivity index (χ2v) is 7.37. The van der Waals surface area contributed by atoms with Gasteiger partial charge in [-0.15, -0.1) is 0 Å². The van der Waals surface area contributed by atoms with Crippen LogP contribution in [-0.2, 0) is 9.59 Å². The van der Waals surface area contributed by atoms with Gasteiger partial charge < -0.3 is 10.2 Å². The van der Waals surface area contributed by atoms with Crippen LogP contribution in [0.25, 0.3) is 0 Å². The number of hydrogen-bond donors (Lipinski definition) is 1. The zero-order chi connectivity index (χ0) is 15.6. The van der Waals surface area contributed by atoms with Gasteiger partial charge in [-0.05, 0) is 38.9 Å². The third kappa shape index (κ3) is 2.81. The molecule has 0 spiro atoms. The van der Waals surface area contributed by atoms with Crippen LogP contribution >= 0.6 is 11.8 Å². The van der Waals surface area contributed by atoms with Gasteiger partial charge in [0.05, 0.1) is 0 Å². The summed E-state index contributed by atoms with van der Waals surface area (Å²) in [5.74, 6) is 0.134. The zero-order valence-corrected chi connectivity index (χ0v) is 14.5. The Morgan fingerprint density at radius 2 is 1.86 bits per heavy atom. The Labute approximate surface area is 132 Å². The SMILES string of the molecule is CCC1(CC)NC(=O)C(C)N(C2CCCCC2SC)C1=O. The van der Waals surface area contributed by atoms with Crippen molar-refractivity contribution in [1.29, 1.82) is 0 Å². The molecule has 0 aromatic rings. The first-order valence-corrected chi connectivity index (χ1v) is 9.47. The van der Waals surface area contributed by atoms with Crippen molar-refractivity contribution in [2.45, 2.75) is 82.2 Å².